The van der Waals surface area contributed by atoms with E-state index in [1.54, 1.807) is 0 Å². The van der Waals surface area contributed by atoms with Crippen LogP contribution in [0.5, 0.6) is 0 Å². The number of H-pyrrole nitrogens is 1. The molecule has 0 saturated heterocycles. The van der Waals surface area contributed by atoms with Crippen molar-refractivity contribution in [2.24, 2.45) is 0 Å². The van der Waals surface area contributed by atoms with Crippen molar-refractivity contribution in [3.63, 3.8) is 0 Å². The van der Waals surface area contributed by atoms with Gasteiger partial charge in [-0.15, -0.1) is 0 Å². The van der Waals surface area contributed by atoms with Crippen LogP contribution in [0.15, 0.2) is 27.6 Å². The summed E-state index contributed by atoms with van der Waals surface area (Å²) >= 11 is 0. The highest BCUT2D eigenvalue weighted by Crippen LogP contribution is 2.24. The molecule has 0 radical (unpaired) electrons. The van der Waals surface area contributed by atoms with Gasteiger partial charge in [0.1, 0.15) is 6.10 Å². The molecular formula is C14H19N3O5. The van der Waals surface area contributed by atoms with Gasteiger partial charge >= 0.3 is 5.69 Å². The van der Waals surface area contributed by atoms with Crippen LogP contribution in [0.1, 0.15) is 24.6 Å². The van der Waals surface area contributed by atoms with E-state index in [0.717, 1.165) is 24.0 Å². The molecule has 2 rings (SSSR count). The molecular weight excluding hydrogens is 290 g/mol. The number of unbranched alkanes of at least 4 members (excludes halogenated alkanes) is 1. The van der Waals surface area contributed by atoms with Crippen molar-refractivity contribution in [3.05, 3.63) is 44.4 Å². The highest BCUT2D eigenvalue weighted by Gasteiger charge is 2.30. The number of carbonyl (C=O) groups excluding carboxylic acids is 1. The summed E-state index contributed by atoms with van der Waals surface area (Å²) in [4.78, 5) is 36.6. The van der Waals surface area contributed by atoms with E-state index in [-0.39, 0.29) is 5.76 Å². The Bertz CT molecular complexity index is 676. The van der Waals surface area contributed by atoms with E-state index in [0.29, 0.717) is 18.3 Å². The monoisotopic (exact) mass is 309 g/mol. The van der Waals surface area contributed by atoms with Crippen LogP contribution in [0.4, 0.5) is 0 Å². The molecule has 22 heavy (non-hydrogen) atoms. The van der Waals surface area contributed by atoms with Crippen molar-refractivity contribution in [2.75, 3.05) is 13.6 Å². The lowest BCUT2D eigenvalue weighted by molar-refractivity contribution is -0.109. The third-order valence-electron chi connectivity index (χ3n) is 3.44. The molecule has 3 N–H and O–H groups in total. The minimum atomic E-state index is -1.12. The van der Waals surface area contributed by atoms with Crippen LogP contribution in [0.25, 0.3) is 0 Å². The van der Waals surface area contributed by atoms with Crippen molar-refractivity contribution in [1.29, 1.82) is 0 Å². The minimum Gasteiger partial charge on any atom is -0.464 e. The summed E-state index contributed by atoms with van der Waals surface area (Å²) in [5.41, 5.74) is -0.693. The lowest BCUT2D eigenvalue weighted by atomic mass is 10.1. The van der Waals surface area contributed by atoms with Crippen molar-refractivity contribution in [2.45, 2.75) is 31.6 Å². The largest absolute Gasteiger partial charge is 0.464 e. The number of aldehydes is 1. The average Bonchev–Trinajstić information content (AvgIpc) is 2.86. The number of aliphatic hydroxyl groups is 1. The molecule has 1 aliphatic heterocycles. The second-order valence-corrected chi connectivity index (χ2v) is 5.07. The lowest BCUT2D eigenvalue weighted by Gasteiger charge is -2.18. The molecule has 1 aliphatic rings. The Labute approximate surface area is 126 Å². The smallest absolute Gasteiger partial charge is 0.331 e. The number of nitrogens with zero attached hydrogens (tertiary/aromatic N) is 1. The van der Waals surface area contributed by atoms with Crippen molar-refractivity contribution >= 4 is 6.29 Å². The fraction of sp³-hybridized carbons (Fsp3) is 0.500. The summed E-state index contributed by atoms with van der Waals surface area (Å²) in [7, 11) is 1.85. The first-order valence-corrected chi connectivity index (χ1v) is 7.07. The summed E-state index contributed by atoms with van der Waals surface area (Å²) < 4.78 is 6.31. The van der Waals surface area contributed by atoms with Crippen molar-refractivity contribution < 1.29 is 14.6 Å². The predicted molar refractivity (Wildman–Crippen MR) is 78.5 cm³/mol. The number of nitrogens with one attached hydrogen (secondary N) is 2. The number of hydrogen-bond donors (Lipinski definition) is 3. The van der Waals surface area contributed by atoms with Gasteiger partial charge in [0.2, 0.25) is 6.23 Å². The summed E-state index contributed by atoms with van der Waals surface area (Å²) in [6, 6.07) is 0. The van der Waals surface area contributed by atoms with Crippen LogP contribution in [0.3, 0.4) is 0 Å². The second-order valence-electron chi connectivity index (χ2n) is 5.07. The predicted octanol–water partition coefficient (Wildman–Crippen LogP) is -0.949. The van der Waals surface area contributed by atoms with Crippen LogP contribution in [-0.2, 0) is 16.0 Å². The molecule has 1 aromatic rings. The van der Waals surface area contributed by atoms with Gasteiger partial charge in [-0.1, -0.05) is 0 Å². The van der Waals surface area contributed by atoms with E-state index >= 15 is 0 Å². The number of aromatic amines is 1. The third-order valence-corrected chi connectivity index (χ3v) is 3.44. The molecule has 0 bridgehead atoms. The van der Waals surface area contributed by atoms with Crippen molar-refractivity contribution in [3.8, 4) is 0 Å². The fourth-order valence-corrected chi connectivity index (χ4v) is 2.30. The Morgan fingerprint density at radius 1 is 1.45 bits per heavy atom. The molecule has 8 nitrogen and oxygen atoms in total. The number of aromatic nitrogens is 2. The van der Waals surface area contributed by atoms with Gasteiger partial charge in [0.05, 0.1) is 0 Å². The zero-order chi connectivity index (χ0) is 16.1. The van der Waals surface area contributed by atoms with E-state index < -0.39 is 23.6 Å². The standard InChI is InChI=1S/C14H19N3O5/c1-15-5-3-2-4-9-7-17(14(21)16-12(9)20)13-11(19)6-10(8-18)22-13/h6-8,11,13,15,19H,2-5H2,1H3,(H,16,20,21). The van der Waals surface area contributed by atoms with Gasteiger partial charge in [0.15, 0.2) is 12.0 Å². The second kappa shape index (κ2) is 7.19. The van der Waals surface area contributed by atoms with Crippen LogP contribution in [0, 0.1) is 0 Å². The molecule has 0 aromatic carbocycles. The molecule has 120 valence electrons. The number of ether oxygens (including phenoxy) is 1. The number of aryl methyl sites for hydroxylation is 1. The minimum absolute atomic E-state index is 0.0360. The SMILES string of the molecule is CNCCCCc1cn(C2OC(C=O)=CC2O)c(=O)[nH]c1=O. The van der Waals surface area contributed by atoms with Crippen LogP contribution < -0.4 is 16.6 Å². The quantitative estimate of drug-likeness (QED) is 0.442. The zero-order valence-electron chi connectivity index (χ0n) is 12.2. The van der Waals surface area contributed by atoms with Gasteiger partial charge in [-0.25, -0.2) is 4.79 Å². The molecule has 1 aromatic heterocycles. The Hall–Kier alpha value is -2.19. The normalized spacial score (nSPS) is 20.5. The molecule has 2 heterocycles. The van der Waals surface area contributed by atoms with Gasteiger partial charge in [-0.3, -0.25) is 19.1 Å². The van der Waals surface area contributed by atoms with Gasteiger partial charge in [-0.05, 0) is 38.9 Å². The Kier molecular flexibility index (Phi) is 5.29. The first kappa shape index (κ1) is 16.2. The molecule has 0 spiro atoms. The van der Waals surface area contributed by atoms with Gasteiger partial charge < -0.3 is 15.2 Å². The maximum absolute atomic E-state index is 11.9. The maximum Gasteiger partial charge on any atom is 0.331 e. The first-order valence-electron chi connectivity index (χ1n) is 7.07. The van der Waals surface area contributed by atoms with Crippen molar-refractivity contribution in [1.82, 2.24) is 14.9 Å². The Morgan fingerprint density at radius 3 is 2.86 bits per heavy atom. The molecule has 8 heteroatoms. The van der Waals surface area contributed by atoms with E-state index in [4.69, 9.17) is 4.74 Å². The maximum atomic E-state index is 11.9. The number of allylic oxidation sites excluding steroid dienone is 1. The lowest BCUT2D eigenvalue weighted by Crippen LogP contribution is -2.37. The number of aliphatic hydroxyl groups excluding tert-OH is 1. The summed E-state index contributed by atoms with van der Waals surface area (Å²) in [6.45, 7) is 0.842. The molecule has 2 unspecified atom stereocenters. The third kappa shape index (κ3) is 3.52. The van der Waals surface area contributed by atoms with Gasteiger partial charge in [-0.2, -0.15) is 0 Å². The van der Waals surface area contributed by atoms with Gasteiger partial charge in [0.25, 0.3) is 5.56 Å². The van der Waals surface area contributed by atoms with Crippen LogP contribution in [-0.4, -0.2) is 40.6 Å². The Balaban J connectivity index is 2.20. The molecule has 0 fully saturated rings. The number of rotatable bonds is 7. The number of carbonyl (C=O) groups is 1. The average molecular weight is 309 g/mol. The topological polar surface area (TPSA) is 113 Å². The molecule has 0 saturated carbocycles. The molecule has 0 amide bonds. The fourth-order valence-electron chi connectivity index (χ4n) is 2.30. The summed E-state index contributed by atoms with van der Waals surface area (Å²) in [6.07, 6.45) is 3.09. The van der Waals surface area contributed by atoms with Crippen LogP contribution >= 0.6 is 0 Å². The highest BCUT2D eigenvalue weighted by atomic mass is 16.5. The van der Waals surface area contributed by atoms with E-state index in [1.165, 1.54) is 12.3 Å². The van der Waals surface area contributed by atoms with E-state index in [1.807, 2.05) is 7.05 Å². The first-order chi connectivity index (χ1) is 10.6. The zero-order valence-corrected chi connectivity index (χ0v) is 12.2. The van der Waals surface area contributed by atoms with Gasteiger partial charge in [0, 0.05) is 11.8 Å². The van der Waals surface area contributed by atoms with E-state index in [9.17, 15) is 19.5 Å². The summed E-state index contributed by atoms with van der Waals surface area (Å²) in [5.74, 6) is -0.0360. The van der Waals surface area contributed by atoms with Crippen LogP contribution in [0.2, 0.25) is 0 Å². The molecule has 2 atom stereocenters. The van der Waals surface area contributed by atoms with E-state index in [2.05, 4.69) is 10.3 Å². The highest BCUT2D eigenvalue weighted by molar-refractivity contribution is 5.71. The molecule has 0 aliphatic carbocycles. The number of hydrogen-bond acceptors (Lipinski definition) is 6. The Morgan fingerprint density at radius 2 is 2.23 bits per heavy atom. The summed E-state index contributed by atoms with van der Waals surface area (Å²) in [5, 5.41) is 12.9.